The van der Waals surface area contributed by atoms with Crippen molar-refractivity contribution < 1.29 is 22.7 Å². The van der Waals surface area contributed by atoms with Crippen molar-refractivity contribution in [1.29, 1.82) is 0 Å². The quantitative estimate of drug-likeness (QED) is 0.787. The van der Waals surface area contributed by atoms with Crippen LogP contribution >= 0.6 is 0 Å². The Labute approximate surface area is 150 Å². The molecule has 0 unspecified atom stereocenters. The van der Waals surface area contributed by atoms with Gasteiger partial charge in [-0.05, 0) is 45.7 Å². The van der Waals surface area contributed by atoms with E-state index in [0.29, 0.717) is 13.1 Å². The number of carbonyl (C=O) groups excluding carboxylic acids is 1. The molecule has 9 heteroatoms. The summed E-state index contributed by atoms with van der Waals surface area (Å²) in [6.45, 7) is 6.31. The van der Waals surface area contributed by atoms with E-state index in [-0.39, 0.29) is 17.1 Å². The molecule has 1 aliphatic carbocycles. The Balaban J connectivity index is 1.72. The maximum atomic E-state index is 13.3. The number of amides is 1. The lowest BCUT2D eigenvalue weighted by Gasteiger charge is -2.56. The molecule has 2 N–H and O–H groups in total. The van der Waals surface area contributed by atoms with Gasteiger partial charge < -0.3 is 9.64 Å². The highest BCUT2D eigenvalue weighted by Crippen LogP contribution is 2.50. The summed E-state index contributed by atoms with van der Waals surface area (Å²) in [4.78, 5) is 17.4. The number of hydrogen-bond donors (Lipinski definition) is 2. The molecule has 1 saturated heterocycles. The number of rotatable bonds is 3. The zero-order valence-corrected chi connectivity index (χ0v) is 15.0. The molecule has 0 atom stereocenters. The Kier molecular flexibility index (Phi) is 4.44. The number of nitrogens with zero attached hydrogens (tertiary/aromatic N) is 2. The fourth-order valence-corrected chi connectivity index (χ4v) is 3.31. The molecule has 1 aromatic rings. The second kappa shape index (κ2) is 6.21. The summed E-state index contributed by atoms with van der Waals surface area (Å²) in [6.07, 6.45) is -1.97. The molecule has 2 fully saturated rings. The van der Waals surface area contributed by atoms with Crippen LogP contribution in [-0.2, 0) is 10.9 Å². The van der Waals surface area contributed by atoms with Crippen molar-refractivity contribution in [2.24, 2.45) is 5.41 Å². The van der Waals surface area contributed by atoms with Crippen LogP contribution in [0, 0.1) is 5.41 Å². The number of nitrogens with one attached hydrogen (secondary N) is 2. The average molecular weight is 372 g/mol. The van der Waals surface area contributed by atoms with Crippen molar-refractivity contribution in [3.8, 4) is 0 Å². The highest BCUT2D eigenvalue weighted by molar-refractivity contribution is 5.69. The average Bonchev–Trinajstić information content (AvgIpc) is 2.39. The molecule has 26 heavy (non-hydrogen) atoms. The molecule has 6 nitrogen and oxygen atoms in total. The second-order valence-corrected chi connectivity index (χ2v) is 8.03. The Morgan fingerprint density at radius 2 is 1.88 bits per heavy atom. The van der Waals surface area contributed by atoms with Gasteiger partial charge in [0.15, 0.2) is 0 Å². The number of anilines is 2. The number of halogens is 3. The first-order valence-electron chi connectivity index (χ1n) is 8.56. The molecule has 1 amide bonds. The highest BCUT2D eigenvalue weighted by atomic mass is 19.4. The minimum atomic E-state index is -4.48. The summed E-state index contributed by atoms with van der Waals surface area (Å²) in [5.74, 6) is 0.0134. The molecule has 2 heterocycles. The van der Waals surface area contributed by atoms with Crippen molar-refractivity contribution in [2.45, 2.75) is 51.8 Å². The first-order valence-corrected chi connectivity index (χ1v) is 8.56. The molecule has 1 aliphatic heterocycles. The Hall–Kier alpha value is -2.19. The third kappa shape index (κ3) is 3.96. The minimum Gasteiger partial charge on any atom is -0.443 e. The molecule has 144 valence electrons. The molecule has 3 rings (SSSR count). The van der Waals surface area contributed by atoms with Gasteiger partial charge in [-0.15, -0.1) is 0 Å². The summed E-state index contributed by atoms with van der Waals surface area (Å²) in [7, 11) is 0. The summed E-state index contributed by atoms with van der Waals surface area (Å²) in [5, 5.41) is 0. The smallest absolute Gasteiger partial charge is 0.426 e. The lowest BCUT2D eigenvalue weighted by Crippen LogP contribution is -2.60. The van der Waals surface area contributed by atoms with Crippen LogP contribution in [-0.4, -0.2) is 29.8 Å². The third-order valence-corrected chi connectivity index (χ3v) is 4.64. The fraction of sp³-hybridized carbons (Fsp3) is 0.647. The first kappa shape index (κ1) is 18.6. The topological polar surface area (TPSA) is 66.5 Å². The number of hydrazine groups is 1. The second-order valence-electron chi connectivity index (χ2n) is 8.03. The normalized spacial score (nSPS) is 18.8. The summed E-state index contributed by atoms with van der Waals surface area (Å²) < 4.78 is 45.0. The minimum absolute atomic E-state index is 0.106. The van der Waals surface area contributed by atoms with Crippen molar-refractivity contribution in [2.75, 3.05) is 23.4 Å². The Morgan fingerprint density at radius 1 is 1.23 bits per heavy atom. The monoisotopic (exact) mass is 372 g/mol. The number of alkyl halides is 3. The van der Waals surface area contributed by atoms with E-state index in [4.69, 9.17) is 4.74 Å². The van der Waals surface area contributed by atoms with E-state index in [0.717, 1.165) is 25.3 Å². The fourth-order valence-electron chi connectivity index (χ4n) is 3.31. The molecule has 1 saturated carbocycles. The van der Waals surface area contributed by atoms with E-state index < -0.39 is 23.4 Å². The highest BCUT2D eigenvalue weighted by Gasteiger charge is 2.49. The lowest BCUT2D eigenvalue weighted by molar-refractivity contribution is -0.137. The zero-order chi connectivity index (χ0) is 19.2. The van der Waals surface area contributed by atoms with Crippen LogP contribution < -0.4 is 15.8 Å². The van der Waals surface area contributed by atoms with Gasteiger partial charge in [0.05, 0.1) is 5.56 Å². The van der Waals surface area contributed by atoms with Crippen molar-refractivity contribution >= 4 is 17.7 Å². The maximum Gasteiger partial charge on any atom is 0.426 e. The van der Waals surface area contributed by atoms with E-state index in [2.05, 4.69) is 15.8 Å². The van der Waals surface area contributed by atoms with Gasteiger partial charge in [-0.2, -0.15) is 13.2 Å². The third-order valence-electron chi connectivity index (χ3n) is 4.64. The van der Waals surface area contributed by atoms with Gasteiger partial charge in [-0.25, -0.2) is 15.2 Å². The lowest BCUT2D eigenvalue weighted by atomic mass is 9.63. The Bertz CT molecular complexity index is 688. The van der Waals surface area contributed by atoms with Crippen LogP contribution in [0.1, 0.15) is 45.6 Å². The summed E-state index contributed by atoms with van der Waals surface area (Å²) >= 11 is 0. The van der Waals surface area contributed by atoms with E-state index >= 15 is 0 Å². The molecule has 0 bridgehead atoms. The van der Waals surface area contributed by atoms with Gasteiger partial charge in [-0.3, -0.25) is 5.43 Å². The van der Waals surface area contributed by atoms with Crippen molar-refractivity contribution in [3.63, 3.8) is 0 Å². The standard InChI is InChI=1S/C17H23F3N4O2/c1-15(2,3)26-14(25)23-22-12-6-5-11(17(18,19)20)13(21-12)24-9-16(10-24)7-4-8-16/h5-6H,4,7-10H2,1-3H3,(H,21,22)(H,23,25). The Morgan fingerprint density at radius 3 is 2.38 bits per heavy atom. The molecule has 1 aromatic heterocycles. The van der Waals surface area contributed by atoms with E-state index in [1.807, 2.05) is 0 Å². The van der Waals surface area contributed by atoms with Crippen LogP contribution in [0.3, 0.4) is 0 Å². The first-order chi connectivity index (χ1) is 12.0. The van der Waals surface area contributed by atoms with Gasteiger partial charge in [0.25, 0.3) is 0 Å². The van der Waals surface area contributed by atoms with Crippen molar-refractivity contribution in [1.82, 2.24) is 10.4 Å². The number of carbonyl (C=O) groups is 1. The summed E-state index contributed by atoms with van der Waals surface area (Å²) in [5.41, 5.74) is 3.51. The van der Waals surface area contributed by atoms with Gasteiger partial charge in [0.2, 0.25) is 0 Å². The van der Waals surface area contributed by atoms with Crippen LogP contribution in [0.2, 0.25) is 0 Å². The van der Waals surface area contributed by atoms with E-state index in [1.54, 1.807) is 25.7 Å². The van der Waals surface area contributed by atoms with Crippen molar-refractivity contribution in [3.05, 3.63) is 17.7 Å². The van der Waals surface area contributed by atoms with E-state index in [1.165, 1.54) is 6.07 Å². The molecule has 1 spiro atoms. The van der Waals surface area contributed by atoms with Crippen LogP contribution in [0.4, 0.5) is 29.6 Å². The van der Waals surface area contributed by atoms with E-state index in [9.17, 15) is 18.0 Å². The summed E-state index contributed by atoms with van der Waals surface area (Å²) in [6, 6.07) is 2.16. The van der Waals surface area contributed by atoms with Gasteiger partial charge in [0, 0.05) is 18.5 Å². The van der Waals surface area contributed by atoms with Gasteiger partial charge >= 0.3 is 12.3 Å². The number of aromatic nitrogens is 1. The molecular weight excluding hydrogens is 349 g/mol. The van der Waals surface area contributed by atoms with Crippen LogP contribution in [0.15, 0.2) is 12.1 Å². The van der Waals surface area contributed by atoms with Crippen LogP contribution in [0.5, 0.6) is 0 Å². The predicted molar refractivity (Wildman–Crippen MR) is 90.7 cm³/mol. The van der Waals surface area contributed by atoms with Gasteiger partial charge in [0.1, 0.15) is 17.2 Å². The maximum absolute atomic E-state index is 13.3. The zero-order valence-electron chi connectivity index (χ0n) is 15.0. The number of hydrogen-bond acceptors (Lipinski definition) is 5. The predicted octanol–water partition coefficient (Wildman–Crippen LogP) is 3.94. The molecular formula is C17H23F3N4O2. The molecule has 2 aliphatic rings. The number of pyridine rings is 1. The molecule has 0 radical (unpaired) electrons. The molecule has 0 aromatic carbocycles. The SMILES string of the molecule is CC(C)(C)OC(=O)NNc1ccc(C(F)(F)F)c(N2CC3(CCC3)C2)n1. The number of ether oxygens (including phenoxy) is 1. The van der Waals surface area contributed by atoms with Crippen LogP contribution in [0.25, 0.3) is 0 Å². The largest absolute Gasteiger partial charge is 0.443 e. The van der Waals surface area contributed by atoms with Gasteiger partial charge in [-0.1, -0.05) is 6.42 Å².